The fourth-order valence-corrected chi connectivity index (χ4v) is 10.8. The molecule has 3 N–H and O–H groups in total. The first-order valence-electron chi connectivity index (χ1n) is 19.1. The highest BCUT2D eigenvalue weighted by Crippen LogP contribution is 2.64. The van der Waals surface area contributed by atoms with Gasteiger partial charge in [-0.25, -0.2) is 19.1 Å². The molecule has 0 fully saturated rings. The van der Waals surface area contributed by atoms with Crippen LogP contribution in [0.1, 0.15) is 52.7 Å². The third-order valence-corrected chi connectivity index (χ3v) is 15.9. The number of ether oxygens (including phenoxy) is 2. The van der Waals surface area contributed by atoms with Crippen LogP contribution >= 0.6 is 0 Å². The fraction of sp³-hybridized carbons (Fsp3) is 0.538. The lowest BCUT2D eigenvalue weighted by atomic mass is 9.88. The molecule has 0 aliphatic heterocycles. The molecule has 0 aromatic heterocycles. The number of hydrogen-bond donors (Lipinski definition) is 3. The molecule has 0 bridgehead atoms. The van der Waals surface area contributed by atoms with Gasteiger partial charge in [0.2, 0.25) is 0 Å². The summed E-state index contributed by atoms with van der Waals surface area (Å²) < 4.78 is 280. The fourth-order valence-electron chi connectivity index (χ4n) is 6.35. The number of carbonyl (C=O) groups excluding carboxylic acids is 2. The van der Waals surface area contributed by atoms with Gasteiger partial charge < -0.3 is 13.9 Å². The Morgan fingerprint density at radius 1 is 0.687 bits per heavy atom. The van der Waals surface area contributed by atoms with Gasteiger partial charge in [0.05, 0.1) is 12.3 Å². The van der Waals surface area contributed by atoms with Crippen LogP contribution in [0, 0.1) is 17.6 Å². The highest BCUT2D eigenvalue weighted by atomic mass is 28.4. The van der Waals surface area contributed by atoms with Crippen molar-refractivity contribution in [1.82, 2.24) is 5.48 Å². The Hall–Kier alpha value is -4.73. The van der Waals surface area contributed by atoms with Gasteiger partial charge in [-0.2, -0.15) is 74.6 Å². The van der Waals surface area contributed by atoms with Gasteiger partial charge in [-0.05, 0) is 47.0 Å². The number of benzene rings is 2. The molecule has 2 atom stereocenters. The molecule has 0 unspecified atom stereocenters. The monoisotopic (exact) mass is 1020 g/mol. The zero-order valence-electron chi connectivity index (χ0n) is 35.2. The zero-order chi connectivity index (χ0) is 52.0. The number of nitrogens with one attached hydrogen (secondary N) is 2. The third kappa shape index (κ3) is 12.1. The van der Waals surface area contributed by atoms with Crippen molar-refractivity contribution in [2.75, 3.05) is 18.5 Å². The van der Waals surface area contributed by atoms with Gasteiger partial charge in [0.15, 0.2) is 8.32 Å². The Kier molecular flexibility index (Phi) is 18.5. The molecule has 0 radical (unpaired) electrons. The predicted octanol–water partition coefficient (Wildman–Crippen LogP) is 13.1. The number of amides is 2. The van der Waals surface area contributed by atoms with Crippen LogP contribution in [-0.2, 0) is 14.0 Å². The average Bonchev–Trinajstić information content (AvgIpc) is 3.21. The normalized spacial score (nSPS) is 15.1. The summed E-state index contributed by atoms with van der Waals surface area (Å²) in [4.78, 5) is 24.0. The standard InChI is InChI=1S/C39H41F19N2O6Si/c1-21(2)67(22(3)4,19-16-32(42,43)33(44,45)34(46,47)35(48,49)36(50,51)37(52,53)38(54,55)39(56,57)58)65-18-17-64-26-13-10-24(11-14-26)30(23(5)8-6-7-9-29(61)60-63)66-31(62)59-28-15-12-25(40)20-27(28)41/h6-15,20-23,30,63H,16-19H2,1-5H3,(H,59,62)(H,60,61)/b8-6+,9-7+/t23-,30+/m1/s1. The lowest BCUT2D eigenvalue weighted by Crippen LogP contribution is -2.74. The number of carbonyl (C=O) groups is 2. The number of rotatable bonds is 23. The molecule has 0 heterocycles. The van der Waals surface area contributed by atoms with Crippen molar-refractivity contribution in [2.24, 2.45) is 5.92 Å². The summed E-state index contributed by atoms with van der Waals surface area (Å²) in [6.07, 6.45) is -7.93. The molecule has 0 aliphatic carbocycles. The van der Waals surface area contributed by atoms with Crippen molar-refractivity contribution in [3.63, 3.8) is 0 Å². The first-order valence-corrected chi connectivity index (χ1v) is 21.4. The van der Waals surface area contributed by atoms with Crippen LogP contribution in [0.3, 0.4) is 0 Å². The van der Waals surface area contributed by atoms with Crippen molar-refractivity contribution in [2.45, 2.75) is 112 Å². The van der Waals surface area contributed by atoms with Gasteiger partial charge in [-0.1, -0.05) is 65.0 Å². The molecule has 0 spiro atoms. The first kappa shape index (κ1) is 58.4. The highest BCUT2D eigenvalue weighted by Gasteiger charge is 2.95. The van der Waals surface area contributed by atoms with Crippen LogP contribution in [0.15, 0.2) is 66.8 Å². The summed E-state index contributed by atoms with van der Waals surface area (Å²) >= 11 is 0. The summed E-state index contributed by atoms with van der Waals surface area (Å²) in [5.74, 6) is -60.7. The van der Waals surface area contributed by atoms with E-state index in [1.165, 1.54) is 82.6 Å². The molecule has 2 aromatic rings. The van der Waals surface area contributed by atoms with E-state index in [1.807, 2.05) is 0 Å². The minimum absolute atomic E-state index is 0.0242. The van der Waals surface area contributed by atoms with E-state index in [1.54, 1.807) is 0 Å². The van der Waals surface area contributed by atoms with E-state index >= 15 is 0 Å². The summed E-state index contributed by atoms with van der Waals surface area (Å²) in [6, 6.07) is 6.18. The lowest BCUT2D eigenvalue weighted by molar-refractivity contribution is -0.461. The van der Waals surface area contributed by atoms with Crippen molar-refractivity contribution in [1.29, 1.82) is 0 Å². The SMILES string of the molecule is CC(C)[Si](CCC(F)(F)C(F)(F)C(F)(F)C(F)(F)C(F)(F)C(F)(F)C(F)(F)C(F)(F)F)(OCCOc1ccc([C@@H](OC(=O)Nc2ccc(F)cc2F)[C@H](C)/C=C/C=C/C(=O)NO)cc1)C(C)C. The van der Waals surface area contributed by atoms with E-state index in [0.29, 0.717) is 6.07 Å². The van der Waals surface area contributed by atoms with Gasteiger partial charge in [0.1, 0.15) is 30.1 Å². The van der Waals surface area contributed by atoms with E-state index in [9.17, 15) is 93.0 Å². The molecule has 2 rings (SSSR count). The summed E-state index contributed by atoms with van der Waals surface area (Å²) in [5, 5.41) is 10.7. The van der Waals surface area contributed by atoms with Gasteiger partial charge in [0, 0.05) is 24.5 Å². The van der Waals surface area contributed by atoms with Gasteiger partial charge in [-0.15, -0.1) is 0 Å². The van der Waals surface area contributed by atoms with E-state index in [2.05, 4.69) is 5.32 Å². The Morgan fingerprint density at radius 3 is 1.67 bits per heavy atom. The number of hydrogen-bond acceptors (Lipinski definition) is 6. The highest BCUT2D eigenvalue weighted by molar-refractivity contribution is 6.76. The van der Waals surface area contributed by atoms with E-state index < -0.39 is 134 Å². The lowest BCUT2D eigenvalue weighted by Gasteiger charge is -2.44. The number of anilines is 1. The number of alkyl halides is 17. The minimum Gasteiger partial charge on any atom is -0.491 e. The van der Waals surface area contributed by atoms with Gasteiger partial charge in [-0.3, -0.25) is 15.3 Å². The molecule has 67 heavy (non-hydrogen) atoms. The van der Waals surface area contributed by atoms with Crippen LogP contribution in [0.4, 0.5) is 93.9 Å². The van der Waals surface area contributed by atoms with Crippen molar-refractivity contribution in [3.8, 4) is 5.75 Å². The quantitative estimate of drug-likeness (QED) is 0.0195. The summed E-state index contributed by atoms with van der Waals surface area (Å²) in [7, 11) is -4.06. The molecule has 0 saturated carbocycles. The number of allylic oxidation sites excluding steroid dienone is 2. The van der Waals surface area contributed by atoms with E-state index in [0.717, 1.165) is 18.2 Å². The third-order valence-electron chi connectivity index (χ3n) is 10.3. The van der Waals surface area contributed by atoms with Crippen LogP contribution in [0.25, 0.3) is 0 Å². The van der Waals surface area contributed by atoms with Crippen molar-refractivity contribution >= 4 is 26.0 Å². The van der Waals surface area contributed by atoms with Crippen LogP contribution in [0.2, 0.25) is 17.1 Å². The molecule has 2 amide bonds. The van der Waals surface area contributed by atoms with Crippen LogP contribution in [-0.4, -0.2) is 86.4 Å². The van der Waals surface area contributed by atoms with E-state index in [-0.39, 0.29) is 11.3 Å². The second-order valence-corrected chi connectivity index (χ2v) is 20.3. The number of halogens is 19. The van der Waals surface area contributed by atoms with Gasteiger partial charge >= 0.3 is 53.7 Å². The number of hydroxylamine groups is 1. The summed E-state index contributed by atoms with van der Waals surface area (Å²) in [6.45, 7) is 5.57. The Bertz CT molecular complexity index is 2040. The summed E-state index contributed by atoms with van der Waals surface area (Å²) in [5.41, 5.74) is -0.714. The second-order valence-electron chi connectivity index (χ2n) is 15.3. The van der Waals surface area contributed by atoms with E-state index in [4.69, 9.17) is 19.1 Å². The minimum atomic E-state index is -8.73. The van der Waals surface area contributed by atoms with Crippen LogP contribution in [0.5, 0.6) is 5.75 Å². The molecule has 0 saturated heterocycles. The Labute approximate surface area is 369 Å². The van der Waals surface area contributed by atoms with Crippen molar-refractivity contribution in [3.05, 3.63) is 84.0 Å². The molecular weight excluding hydrogens is 981 g/mol. The smallest absolute Gasteiger partial charge is 0.460 e. The van der Waals surface area contributed by atoms with Crippen molar-refractivity contribution < 1.29 is 112 Å². The maximum atomic E-state index is 15.0. The Morgan fingerprint density at radius 2 is 1.19 bits per heavy atom. The van der Waals surface area contributed by atoms with Gasteiger partial charge in [0.25, 0.3) is 5.91 Å². The first-order chi connectivity index (χ1) is 30.3. The molecule has 380 valence electrons. The topological polar surface area (TPSA) is 106 Å². The molecule has 0 aliphatic rings. The average molecular weight is 1020 g/mol. The maximum absolute atomic E-state index is 15.0. The van der Waals surface area contributed by atoms with Crippen LogP contribution < -0.4 is 15.5 Å². The second kappa shape index (κ2) is 21.3. The Balaban J connectivity index is 2.32. The molecule has 2 aromatic carbocycles. The molecular formula is C39H41F19N2O6Si. The largest absolute Gasteiger partial charge is 0.491 e. The maximum Gasteiger partial charge on any atom is 0.460 e. The molecule has 28 heteroatoms. The molecule has 8 nitrogen and oxygen atoms in total. The predicted molar refractivity (Wildman–Crippen MR) is 201 cm³/mol. The zero-order valence-corrected chi connectivity index (χ0v) is 36.2.